The Morgan fingerprint density at radius 1 is 1.25 bits per heavy atom. The Kier molecular flexibility index (Phi) is 8.62. The van der Waals surface area contributed by atoms with Gasteiger partial charge in [0.25, 0.3) is 0 Å². The van der Waals surface area contributed by atoms with Gasteiger partial charge in [-0.25, -0.2) is 4.98 Å². The Morgan fingerprint density at radius 3 is 2.82 bits per heavy atom. The molecule has 28 heavy (non-hydrogen) atoms. The van der Waals surface area contributed by atoms with E-state index in [1.165, 1.54) is 0 Å². The van der Waals surface area contributed by atoms with Crippen LogP contribution in [0.15, 0.2) is 47.6 Å². The van der Waals surface area contributed by atoms with Gasteiger partial charge in [0.1, 0.15) is 5.75 Å². The van der Waals surface area contributed by atoms with Gasteiger partial charge in [-0.05, 0) is 30.2 Å². The number of benzene rings is 1. The summed E-state index contributed by atoms with van der Waals surface area (Å²) in [7, 11) is 5.12. The summed E-state index contributed by atoms with van der Waals surface area (Å²) in [6.45, 7) is 2.54. The van der Waals surface area contributed by atoms with Gasteiger partial charge in [0.05, 0.1) is 19.9 Å². The van der Waals surface area contributed by atoms with Crippen molar-refractivity contribution in [2.24, 2.45) is 4.99 Å². The van der Waals surface area contributed by atoms with Gasteiger partial charge >= 0.3 is 0 Å². The predicted molar refractivity (Wildman–Crippen MR) is 123 cm³/mol. The van der Waals surface area contributed by atoms with E-state index in [2.05, 4.69) is 31.6 Å². The zero-order valence-corrected chi connectivity index (χ0v) is 18.8. The number of rotatable bonds is 6. The number of ether oxygens (including phenoxy) is 2. The fraction of sp³-hybridized carbons (Fsp3) is 0.400. The van der Waals surface area contributed by atoms with Gasteiger partial charge in [0.15, 0.2) is 5.96 Å². The average molecular weight is 497 g/mol. The van der Waals surface area contributed by atoms with E-state index < -0.39 is 0 Å². The maximum Gasteiger partial charge on any atom is 0.213 e. The number of halogens is 1. The number of para-hydroxylation sites is 2. The summed E-state index contributed by atoms with van der Waals surface area (Å²) < 4.78 is 10.7. The molecule has 1 saturated heterocycles. The lowest BCUT2D eigenvalue weighted by atomic mass is 10.2. The molecule has 2 aromatic rings. The van der Waals surface area contributed by atoms with Crippen LogP contribution in [0.25, 0.3) is 0 Å². The maximum atomic E-state index is 5.49. The van der Waals surface area contributed by atoms with E-state index in [1.807, 2.05) is 30.3 Å². The lowest BCUT2D eigenvalue weighted by Gasteiger charge is -2.22. The number of anilines is 1. The normalized spacial score (nSPS) is 16.3. The van der Waals surface area contributed by atoms with Crippen LogP contribution in [-0.2, 0) is 6.54 Å². The zero-order chi connectivity index (χ0) is 19.1. The first kappa shape index (κ1) is 22.1. The lowest BCUT2D eigenvalue weighted by Crippen LogP contribution is -2.44. The number of methoxy groups -OCH3 is 2. The molecule has 8 heteroatoms. The molecule has 2 heterocycles. The summed E-state index contributed by atoms with van der Waals surface area (Å²) in [5.74, 6) is 2.31. The Morgan fingerprint density at radius 2 is 2.07 bits per heavy atom. The van der Waals surface area contributed by atoms with Gasteiger partial charge in [0.2, 0.25) is 5.88 Å². The van der Waals surface area contributed by atoms with Gasteiger partial charge in [-0.3, -0.25) is 4.99 Å². The third kappa shape index (κ3) is 5.63. The molecule has 1 aliphatic heterocycles. The quantitative estimate of drug-likeness (QED) is 0.364. The molecule has 0 aliphatic carbocycles. The first-order valence-corrected chi connectivity index (χ1v) is 9.07. The SMILES string of the molecule is CN=C(NCc1ccnc(OC)c1)NC1CCN(c2ccccc2OC)C1.I. The lowest BCUT2D eigenvalue weighted by molar-refractivity contribution is 0.397. The van der Waals surface area contributed by atoms with Crippen LogP contribution in [0.1, 0.15) is 12.0 Å². The van der Waals surface area contributed by atoms with Crippen molar-refractivity contribution in [3.05, 3.63) is 48.2 Å². The molecule has 0 spiro atoms. The molecular formula is C20H28IN5O2. The van der Waals surface area contributed by atoms with Crippen molar-refractivity contribution in [3.8, 4) is 11.6 Å². The third-order valence-corrected chi connectivity index (χ3v) is 4.65. The number of aliphatic imine (C=N–C) groups is 1. The number of nitrogens with one attached hydrogen (secondary N) is 2. The fourth-order valence-corrected chi connectivity index (χ4v) is 3.23. The molecule has 0 saturated carbocycles. The van der Waals surface area contributed by atoms with Gasteiger partial charge in [0, 0.05) is 45.0 Å². The molecule has 7 nitrogen and oxygen atoms in total. The van der Waals surface area contributed by atoms with E-state index in [0.29, 0.717) is 18.5 Å². The van der Waals surface area contributed by atoms with Crippen LogP contribution in [0.4, 0.5) is 5.69 Å². The number of hydrogen-bond acceptors (Lipinski definition) is 5. The average Bonchev–Trinajstić information content (AvgIpc) is 3.19. The van der Waals surface area contributed by atoms with Crippen LogP contribution >= 0.6 is 24.0 Å². The van der Waals surface area contributed by atoms with E-state index in [0.717, 1.165) is 42.5 Å². The largest absolute Gasteiger partial charge is 0.495 e. The monoisotopic (exact) mass is 497 g/mol. The van der Waals surface area contributed by atoms with Gasteiger partial charge < -0.3 is 25.0 Å². The van der Waals surface area contributed by atoms with Crippen molar-refractivity contribution in [3.63, 3.8) is 0 Å². The van der Waals surface area contributed by atoms with Crippen LogP contribution in [0.3, 0.4) is 0 Å². The second kappa shape index (κ2) is 10.9. The van der Waals surface area contributed by atoms with Crippen LogP contribution in [-0.4, -0.2) is 51.3 Å². The number of aromatic nitrogens is 1. The van der Waals surface area contributed by atoms with Crippen LogP contribution < -0.4 is 25.0 Å². The van der Waals surface area contributed by atoms with E-state index >= 15 is 0 Å². The molecule has 0 radical (unpaired) electrons. The molecule has 1 aromatic carbocycles. The Bertz CT molecular complexity index is 787. The smallest absolute Gasteiger partial charge is 0.213 e. The molecule has 1 aromatic heterocycles. The van der Waals surface area contributed by atoms with Crippen LogP contribution in [0, 0.1) is 0 Å². The minimum Gasteiger partial charge on any atom is -0.495 e. The molecule has 152 valence electrons. The highest BCUT2D eigenvalue weighted by atomic mass is 127. The molecule has 1 aliphatic rings. The van der Waals surface area contributed by atoms with Crippen molar-refractivity contribution in [2.45, 2.75) is 19.0 Å². The number of hydrogen-bond donors (Lipinski definition) is 2. The first-order valence-electron chi connectivity index (χ1n) is 9.07. The summed E-state index contributed by atoms with van der Waals surface area (Å²) in [5, 5.41) is 6.86. The molecule has 0 amide bonds. The van der Waals surface area contributed by atoms with Crippen molar-refractivity contribution < 1.29 is 9.47 Å². The minimum atomic E-state index is 0. The fourth-order valence-electron chi connectivity index (χ4n) is 3.23. The van der Waals surface area contributed by atoms with E-state index in [-0.39, 0.29) is 24.0 Å². The molecule has 1 unspecified atom stereocenters. The molecular weight excluding hydrogens is 469 g/mol. The Hall–Kier alpha value is -2.23. The van der Waals surface area contributed by atoms with Crippen molar-refractivity contribution in [2.75, 3.05) is 39.3 Å². The highest BCUT2D eigenvalue weighted by Crippen LogP contribution is 2.30. The van der Waals surface area contributed by atoms with E-state index in [4.69, 9.17) is 9.47 Å². The third-order valence-electron chi connectivity index (χ3n) is 4.65. The molecule has 1 atom stereocenters. The maximum absolute atomic E-state index is 5.49. The van der Waals surface area contributed by atoms with E-state index in [9.17, 15) is 0 Å². The Labute approximate surface area is 183 Å². The molecule has 3 rings (SSSR count). The second-order valence-corrected chi connectivity index (χ2v) is 6.38. The topological polar surface area (TPSA) is 71.0 Å². The summed E-state index contributed by atoms with van der Waals surface area (Å²) in [6, 6.07) is 12.3. The minimum absolute atomic E-state index is 0. The summed E-state index contributed by atoms with van der Waals surface area (Å²) in [6.07, 6.45) is 2.79. The second-order valence-electron chi connectivity index (χ2n) is 6.38. The van der Waals surface area contributed by atoms with Gasteiger partial charge in [-0.1, -0.05) is 12.1 Å². The number of pyridine rings is 1. The van der Waals surface area contributed by atoms with Gasteiger partial charge in [-0.2, -0.15) is 0 Å². The van der Waals surface area contributed by atoms with Crippen LogP contribution in [0.5, 0.6) is 11.6 Å². The van der Waals surface area contributed by atoms with Crippen LogP contribution in [0.2, 0.25) is 0 Å². The first-order chi connectivity index (χ1) is 13.2. The summed E-state index contributed by atoms with van der Waals surface area (Å²) in [4.78, 5) is 10.8. The standard InChI is InChI=1S/C20H27N5O2.HI/c1-21-20(23-13-15-8-10-22-19(12-15)27-3)24-16-9-11-25(14-16)17-6-4-5-7-18(17)26-2;/h4-8,10,12,16H,9,11,13-14H2,1-3H3,(H2,21,23,24);1H. The van der Waals surface area contributed by atoms with Crippen molar-refractivity contribution in [1.29, 1.82) is 0 Å². The molecule has 1 fully saturated rings. The molecule has 0 bridgehead atoms. The Balaban J connectivity index is 0.00000280. The van der Waals surface area contributed by atoms with E-state index in [1.54, 1.807) is 27.5 Å². The number of nitrogens with zero attached hydrogens (tertiary/aromatic N) is 3. The van der Waals surface area contributed by atoms with Crippen molar-refractivity contribution in [1.82, 2.24) is 15.6 Å². The predicted octanol–water partition coefficient (Wildman–Crippen LogP) is 2.66. The summed E-state index contributed by atoms with van der Waals surface area (Å²) >= 11 is 0. The summed E-state index contributed by atoms with van der Waals surface area (Å²) in [5.41, 5.74) is 2.22. The zero-order valence-electron chi connectivity index (χ0n) is 16.5. The highest BCUT2D eigenvalue weighted by Gasteiger charge is 2.25. The van der Waals surface area contributed by atoms with Gasteiger partial charge in [-0.15, -0.1) is 24.0 Å². The van der Waals surface area contributed by atoms with Crippen molar-refractivity contribution >= 4 is 35.6 Å². The molecule has 2 N–H and O–H groups in total. The number of guanidine groups is 1. The highest BCUT2D eigenvalue weighted by molar-refractivity contribution is 14.0.